The van der Waals surface area contributed by atoms with Crippen molar-refractivity contribution in [3.63, 3.8) is 0 Å². The van der Waals surface area contributed by atoms with E-state index in [1.54, 1.807) is 0 Å². The molecular formula is C5H5OS. The van der Waals surface area contributed by atoms with Gasteiger partial charge in [-0.15, -0.1) is 11.8 Å². The van der Waals surface area contributed by atoms with Crippen LogP contribution in [-0.4, -0.2) is 11.5 Å². The molecule has 1 radical (unpaired) electrons. The van der Waals surface area contributed by atoms with Crippen molar-refractivity contribution in [3.8, 4) is 0 Å². The maximum atomic E-state index is 9.82. The molecule has 1 atom stereocenters. The summed E-state index contributed by atoms with van der Waals surface area (Å²) in [6.07, 6.45) is 4.77. The number of hydrogen-bond acceptors (Lipinski definition) is 2. The Bertz CT molecular complexity index is 90.3. The molecule has 1 rings (SSSR count). The molecule has 2 heteroatoms. The highest BCUT2D eigenvalue weighted by Gasteiger charge is 2.08. The van der Waals surface area contributed by atoms with E-state index in [1.165, 1.54) is 11.8 Å². The highest BCUT2D eigenvalue weighted by atomic mass is 32.2. The Labute approximate surface area is 46.8 Å². The second-order valence-corrected chi connectivity index (χ2v) is 2.46. The fourth-order valence-corrected chi connectivity index (χ4v) is 1.15. The smallest absolute Gasteiger partial charge is 0.213 e. The highest BCUT2D eigenvalue weighted by Crippen LogP contribution is 2.21. The van der Waals surface area contributed by atoms with Gasteiger partial charge in [0.05, 0.1) is 5.25 Å². The molecule has 0 amide bonds. The molecule has 0 fully saturated rings. The molecular weight excluding hydrogens is 108 g/mol. The minimum atomic E-state index is 0.0972. The van der Waals surface area contributed by atoms with Crippen molar-refractivity contribution in [3.05, 3.63) is 11.5 Å². The first kappa shape index (κ1) is 4.91. The van der Waals surface area contributed by atoms with Crippen LogP contribution in [0.3, 0.4) is 0 Å². The lowest BCUT2D eigenvalue weighted by molar-refractivity contribution is 0.553. The van der Waals surface area contributed by atoms with Gasteiger partial charge in [-0.3, -0.25) is 4.79 Å². The Morgan fingerprint density at radius 3 is 3.00 bits per heavy atom. The minimum Gasteiger partial charge on any atom is -0.290 e. The highest BCUT2D eigenvalue weighted by molar-refractivity contribution is 8.03. The minimum absolute atomic E-state index is 0.0972. The summed E-state index contributed by atoms with van der Waals surface area (Å²) >= 11 is 1.54. The molecule has 0 N–H and O–H groups in total. The summed E-state index contributed by atoms with van der Waals surface area (Å²) in [5.74, 6) is 0. The summed E-state index contributed by atoms with van der Waals surface area (Å²) in [4.78, 5) is 9.82. The van der Waals surface area contributed by atoms with Gasteiger partial charge in [0.1, 0.15) is 0 Å². The van der Waals surface area contributed by atoms with Crippen LogP contribution in [0.15, 0.2) is 11.5 Å². The molecule has 7 heavy (non-hydrogen) atoms. The van der Waals surface area contributed by atoms with Gasteiger partial charge in [-0.05, 0) is 11.8 Å². The van der Waals surface area contributed by atoms with Crippen LogP contribution in [0.2, 0.25) is 0 Å². The van der Waals surface area contributed by atoms with Crippen molar-refractivity contribution in [2.75, 3.05) is 0 Å². The fraction of sp³-hybridized carbons (Fsp3) is 0.400. The Morgan fingerprint density at radius 1 is 1.86 bits per heavy atom. The van der Waals surface area contributed by atoms with Gasteiger partial charge in [-0.2, -0.15) is 0 Å². The summed E-state index contributed by atoms with van der Waals surface area (Å²) in [5.41, 5.74) is 0. The summed E-state index contributed by atoms with van der Waals surface area (Å²) in [7, 11) is 0. The van der Waals surface area contributed by atoms with E-state index in [0.717, 1.165) is 6.42 Å². The van der Waals surface area contributed by atoms with E-state index in [0.29, 0.717) is 0 Å². The van der Waals surface area contributed by atoms with Crippen LogP contribution in [0, 0.1) is 0 Å². The summed E-state index contributed by atoms with van der Waals surface area (Å²) in [5, 5.41) is 2.04. The fourth-order valence-electron chi connectivity index (χ4n) is 0.461. The second kappa shape index (κ2) is 2.17. The third-order valence-electron chi connectivity index (χ3n) is 0.821. The molecule has 0 aliphatic carbocycles. The van der Waals surface area contributed by atoms with Crippen molar-refractivity contribution in [2.45, 2.75) is 11.7 Å². The lowest BCUT2D eigenvalue weighted by Crippen LogP contribution is -1.95. The molecule has 0 aromatic heterocycles. The number of allylic oxidation sites excluding steroid dienone is 1. The van der Waals surface area contributed by atoms with Gasteiger partial charge >= 0.3 is 0 Å². The van der Waals surface area contributed by atoms with Gasteiger partial charge in [-0.25, -0.2) is 0 Å². The lowest BCUT2D eigenvalue weighted by atomic mass is 10.3. The van der Waals surface area contributed by atoms with Gasteiger partial charge in [0.2, 0.25) is 6.29 Å². The number of rotatable bonds is 1. The zero-order valence-corrected chi connectivity index (χ0v) is 4.57. The van der Waals surface area contributed by atoms with Crippen molar-refractivity contribution < 1.29 is 4.79 Å². The molecule has 1 unspecified atom stereocenters. The van der Waals surface area contributed by atoms with Gasteiger partial charge in [0, 0.05) is 0 Å². The first-order valence-electron chi connectivity index (χ1n) is 2.11. The van der Waals surface area contributed by atoms with Gasteiger partial charge < -0.3 is 0 Å². The maximum Gasteiger partial charge on any atom is 0.213 e. The van der Waals surface area contributed by atoms with E-state index >= 15 is 0 Å². The number of carbonyl (C=O) groups excluding carboxylic acids is 1. The van der Waals surface area contributed by atoms with Crippen LogP contribution in [0.4, 0.5) is 0 Å². The number of hydrogen-bond donors (Lipinski definition) is 0. The van der Waals surface area contributed by atoms with E-state index in [4.69, 9.17) is 0 Å². The Hall–Kier alpha value is -0.240. The van der Waals surface area contributed by atoms with Gasteiger partial charge in [0.15, 0.2) is 0 Å². The molecule has 0 aromatic carbocycles. The van der Waals surface area contributed by atoms with Crippen LogP contribution in [0.1, 0.15) is 6.42 Å². The Morgan fingerprint density at radius 2 is 2.71 bits per heavy atom. The summed E-state index contributed by atoms with van der Waals surface area (Å²) in [6.45, 7) is 0. The molecule has 1 aliphatic heterocycles. The average molecular weight is 113 g/mol. The van der Waals surface area contributed by atoms with Gasteiger partial charge in [0.25, 0.3) is 0 Å². The molecule has 1 heterocycles. The predicted octanol–water partition coefficient (Wildman–Crippen LogP) is 1.12. The molecule has 0 saturated heterocycles. The Kier molecular flexibility index (Phi) is 1.52. The molecule has 0 bridgehead atoms. The lowest BCUT2D eigenvalue weighted by Gasteiger charge is -1.89. The zero-order valence-electron chi connectivity index (χ0n) is 3.76. The largest absolute Gasteiger partial charge is 0.290 e. The van der Waals surface area contributed by atoms with Crippen LogP contribution in [0.5, 0.6) is 0 Å². The van der Waals surface area contributed by atoms with E-state index in [-0.39, 0.29) is 5.25 Å². The SMILES string of the molecule is O=[C]C1CC=CS1. The monoisotopic (exact) mass is 113 g/mol. The third-order valence-corrected chi connectivity index (χ3v) is 1.79. The first-order valence-corrected chi connectivity index (χ1v) is 3.06. The zero-order chi connectivity index (χ0) is 5.11. The van der Waals surface area contributed by atoms with Crippen molar-refractivity contribution in [1.29, 1.82) is 0 Å². The molecule has 37 valence electrons. The molecule has 0 spiro atoms. The topological polar surface area (TPSA) is 17.1 Å². The average Bonchev–Trinajstić information content (AvgIpc) is 2.14. The van der Waals surface area contributed by atoms with Crippen molar-refractivity contribution in [2.24, 2.45) is 0 Å². The van der Waals surface area contributed by atoms with Crippen LogP contribution in [-0.2, 0) is 4.79 Å². The standard InChI is InChI=1S/C5H5OS/c6-4-5-2-1-3-7-5/h1,3,5H,2H2. The first-order chi connectivity index (χ1) is 3.43. The van der Waals surface area contributed by atoms with Crippen LogP contribution in [0.25, 0.3) is 0 Å². The quantitative estimate of drug-likeness (QED) is 0.506. The van der Waals surface area contributed by atoms with Gasteiger partial charge in [-0.1, -0.05) is 6.08 Å². The van der Waals surface area contributed by atoms with Crippen LogP contribution < -0.4 is 0 Å². The molecule has 0 saturated carbocycles. The second-order valence-electron chi connectivity index (χ2n) is 1.35. The van der Waals surface area contributed by atoms with E-state index < -0.39 is 0 Å². The number of thioether (sulfide) groups is 1. The molecule has 1 nitrogen and oxygen atoms in total. The summed E-state index contributed by atoms with van der Waals surface area (Å²) in [6, 6.07) is 0. The molecule has 1 aliphatic rings. The summed E-state index contributed by atoms with van der Waals surface area (Å²) < 4.78 is 0. The van der Waals surface area contributed by atoms with E-state index in [1.807, 2.05) is 17.8 Å². The van der Waals surface area contributed by atoms with E-state index in [9.17, 15) is 4.79 Å². The van der Waals surface area contributed by atoms with Crippen molar-refractivity contribution in [1.82, 2.24) is 0 Å². The normalized spacial score (nSPS) is 28.3. The van der Waals surface area contributed by atoms with Crippen LogP contribution >= 0.6 is 11.8 Å². The van der Waals surface area contributed by atoms with Crippen molar-refractivity contribution >= 4 is 18.0 Å². The third kappa shape index (κ3) is 1.06. The Balaban J connectivity index is 2.35. The maximum absolute atomic E-state index is 9.82. The predicted molar refractivity (Wildman–Crippen MR) is 30.8 cm³/mol. The molecule has 0 aromatic rings. The van der Waals surface area contributed by atoms with E-state index in [2.05, 4.69) is 0 Å².